The van der Waals surface area contributed by atoms with Crippen molar-refractivity contribution in [1.29, 1.82) is 0 Å². The van der Waals surface area contributed by atoms with Crippen LogP contribution in [0.3, 0.4) is 0 Å². The molecule has 2 amide bonds. The molecule has 1 aromatic carbocycles. The Kier molecular flexibility index (Phi) is 6.20. The quantitative estimate of drug-likeness (QED) is 0.825. The summed E-state index contributed by atoms with van der Waals surface area (Å²) in [5, 5.41) is 2.98. The number of carbonyl (C=O) groups is 2. The van der Waals surface area contributed by atoms with Gasteiger partial charge in [0.05, 0.1) is 6.10 Å². The monoisotopic (exact) mass is 399 g/mol. The third-order valence-corrected chi connectivity index (χ3v) is 6.95. The highest BCUT2D eigenvalue weighted by molar-refractivity contribution is 5.94. The third-order valence-electron chi connectivity index (χ3n) is 6.95. The molecule has 2 aliphatic heterocycles. The van der Waals surface area contributed by atoms with Crippen LogP contribution in [0, 0.1) is 13.8 Å². The summed E-state index contributed by atoms with van der Waals surface area (Å²) < 4.78 is 5.71. The number of piperidine rings is 1. The summed E-state index contributed by atoms with van der Waals surface area (Å²) >= 11 is 0. The maximum atomic E-state index is 12.5. The molecule has 6 heteroatoms. The molecule has 0 bridgehead atoms. The number of ether oxygens (including phenoxy) is 1. The Morgan fingerprint density at radius 1 is 1.10 bits per heavy atom. The van der Waals surface area contributed by atoms with Crippen LogP contribution in [0.1, 0.15) is 53.6 Å². The van der Waals surface area contributed by atoms with E-state index in [-0.39, 0.29) is 24.5 Å². The zero-order chi connectivity index (χ0) is 20.4. The second-order valence-electron chi connectivity index (χ2n) is 8.84. The van der Waals surface area contributed by atoms with E-state index in [2.05, 4.69) is 10.2 Å². The van der Waals surface area contributed by atoms with E-state index in [0.29, 0.717) is 24.7 Å². The Balaban J connectivity index is 1.27. The molecule has 2 saturated heterocycles. The molecule has 1 atom stereocenters. The summed E-state index contributed by atoms with van der Waals surface area (Å²) in [7, 11) is 0. The number of amides is 2. The topological polar surface area (TPSA) is 61.9 Å². The van der Waals surface area contributed by atoms with Gasteiger partial charge in [0.25, 0.3) is 5.91 Å². The molecule has 0 aromatic heterocycles. The van der Waals surface area contributed by atoms with E-state index in [1.165, 1.54) is 24.8 Å². The molecule has 6 nitrogen and oxygen atoms in total. The van der Waals surface area contributed by atoms with Crippen LogP contribution >= 0.6 is 0 Å². The van der Waals surface area contributed by atoms with E-state index in [0.717, 1.165) is 37.5 Å². The Labute approximate surface area is 173 Å². The maximum Gasteiger partial charge on any atom is 0.251 e. The van der Waals surface area contributed by atoms with Gasteiger partial charge in [0, 0.05) is 43.8 Å². The first-order valence-electron chi connectivity index (χ1n) is 11.0. The first kappa shape index (κ1) is 20.4. The summed E-state index contributed by atoms with van der Waals surface area (Å²) in [5.41, 5.74) is 2.95. The number of hydrogen-bond acceptors (Lipinski definition) is 4. The van der Waals surface area contributed by atoms with Gasteiger partial charge in [-0.1, -0.05) is 12.5 Å². The van der Waals surface area contributed by atoms with Crippen LogP contribution in [0.4, 0.5) is 0 Å². The summed E-state index contributed by atoms with van der Waals surface area (Å²) in [6.45, 7) is 7.34. The van der Waals surface area contributed by atoms with Crippen LogP contribution in [0.5, 0.6) is 0 Å². The molecule has 1 saturated carbocycles. The lowest BCUT2D eigenvalue weighted by atomic mass is 9.89. The zero-order valence-corrected chi connectivity index (χ0v) is 17.7. The average molecular weight is 400 g/mol. The van der Waals surface area contributed by atoms with Crippen molar-refractivity contribution < 1.29 is 14.3 Å². The fourth-order valence-corrected chi connectivity index (χ4v) is 4.63. The molecule has 1 aromatic rings. The van der Waals surface area contributed by atoms with Crippen LogP contribution in [0.25, 0.3) is 0 Å². The molecule has 3 aliphatic rings. The van der Waals surface area contributed by atoms with E-state index < -0.39 is 0 Å². The lowest BCUT2D eigenvalue weighted by Crippen LogP contribution is -2.57. The van der Waals surface area contributed by atoms with Crippen molar-refractivity contribution in [1.82, 2.24) is 15.1 Å². The van der Waals surface area contributed by atoms with Crippen LogP contribution < -0.4 is 5.32 Å². The van der Waals surface area contributed by atoms with E-state index in [9.17, 15) is 9.59 Å². The first-order chi connectivity index (χ1) is 14.0. The van der Waals surface area contributed by atoms with Crippen molar-refractivity contribution in [3.8, 4) is 0 Å². The van der Waals surface area contributed by atoms with Gasteiger partial charge in [-0.25, -0.2) is 0 Å². The predicted octanol–water partition coefficient (Wildman–Crippen LogP) is 2.28. The number of rotatable bonds is 5. The number of benzene rings is 1. The molecule has 3 fully saturated rings. The van der Waals surface area contributed by atoms with Crippen LogP contribution in [0.15, 0.2) is 18.2 Å². The Morgan fingerprint density at radius 2 is 1.86 bits per heavy atom. The molecule has 158 valence electrons. The fraction of sp³-hybridized carbons (Fsp3) is 0.652. The number of hydrogen-bond donors (Lipinski definition) is 1. The summed E-state index contributed by atoms with van der Waals surface area (Å²) in [6, 6.07) is 6.83. The molecule has 0 unspecified atom stereocenters. The standard InChI is InChI=1S/C23H33N3O3/c1-16-6-7-18(12-17(16)2)23(28)24-13-21-14-26(22(27)15-29-21)20-8-10-25(11-9-20)19-4-3-5-19/h6-7,12,19-21H,3-5,8-11,13-15H2,1-2H3,(H,24,28)/t21-/m0/s1. The molecule has 1 aliphatic carbocycles. The summed E-state index contributed by atoms with van der Waals surface area (Å²) in [4.78, 5) is 29.5. The lowest BCUT2D eigenvalue weighted by molar-refractivity contribution is -0.153. The third kappa shape index (κ3) is 4.64. The van der Waals surface area contributed by atoms with Gasteiger partial charge in [0.15, 0.2) is 0 Å². The van der Waals surface area contributed by atoms with E-state index >= 15 is 0 Å². The Hall–Kier alpha value is -1.92. The SMILES string of the molecule is Cc1ccc(C(=O)NC[C@H]2CN(C3CCN(C4CCC4)CC3)C(=O)CO2)cc1C. The van der Waals surface area contributed by atoms with Gasteiger partial charge in [-0.05, 0) is 62.8 Å². The van der Waals surface area contributed by atoms with Gasteiger partial charge in [0.1, 0.15) is 6.61 Å². The lowest BCUT2D eigenvalue weighted by Gasteiger charge is -2.45. The first-order valence-corrected chi connectivity index (χ1v) is 11.0. The number of nitrogens with one attached hydrogen (secondary N) is 1. The van der Waals surface area contributed by atoms with Gasteiger partial charge < -0.3 is 19.9 Å². The van der Waals surface area contributed by atoms with Crippen molar-refractivity contribution in [3.05, 3.63) is 34.9 Å². The Morgan fingerprint density at radius 3 is 2.52 bits per heavy atom. The van der Waals surface area contributed by atoms with Gasteiger partial charge in [0.2, 0.25) is 5.91 Å². The normalized spacial score (nSPS) is 24.4. The summed E-state index contributed by atoms with van der Waals surface area (Å²) in [6.07, 6.45) is 5.98. The fourth-order valence-electron chi connectivity index (χ4n) is 4.63. The highest BCUT2D eigenvalue weighted by atomic mass is 16.5. The molecule has 0 radical (unpaired) electrons. The molecular formula is C23H33N3O3. The van der Waals surface area contributed by atoms with Crippen molar-refractivity contribution >= 4 is 11.8 Å². The number of likely N-dealkylation sites (tertiary alicyclic amines) is 1. The minimum absolute atomic E-state index is 0.0869. The predicted molar refractivity (Wildman–Crippen MR) is 112 cm³/mol. The average Bonchev–Trinajstić information content (AvgIpc) is 2.68. The number of nitrogens with zero attached hydrogens (tertiary/aromatic N) is 2. The van der Waals surface area contributed by atoms with E-state index in [4.69, 9.17) is 4.74 Å². The highest BCUT2D eigenvalue weighted by Gasteiger charge is 2.35. The van der Waals surface area contributed by atoms with Crippen molar-refractivity contribution in [2.24, 2.45) is 0 Å². The van der Waals surface area contributed by atoms with Crippen LogP contribution in [-0.4, -0.2) is 72.6 Å². The van der Waals surface area contributed by atoms with Crippen molar-refractivity contribution in [2.75, 3.05) is 32.8 Å². The number of morpholine rings is 1. The second-order valence-corrected chi connectivity index (χ2v) is 8.84. The van der Waals surface area contributed by atoms with Gasteiger partial charge in [-0.3, -0.25) is 9.59 Å². The van der Waals surface area contributed by atoms with Crippen molar-refractivity contribution in [2.45, 2.75) is 64.1 Å². The minimum atomic E-state index is -0.146. The molecule has 2 heterocycles. The van der Waals surface area contributed by atoms with Crippen LogP contribution in [0.2, 0.25) is 0 Å². The van der Waals surface area contributed by atoms with Gasteiger partial charge >= 0.3 is 0 Å². The van der Waals surface area contributed by atoms with E-state index in [1.54, 1.807) is 0 Å². The highest BCUT2D eigenvalue weighted by Crippen LogP contribution is 2.29. The minimum Gasteiger partial charge on any atom is -0.365 e. The molecule has 1 N–H and O–H groups in total. The van der Waals surface area contributed by atoms with Crippen LogP contribution in [-0.2, 0) is 9.53 Å². The zero-order valence-electron chi connectivity index (χ0n) is 17.7. The van der Waals surface area contributed by atoms with Gasteiger partial charge in [-0.2, -0.15) is 0 Å². The Bertz CT molecular complexity index is 754. The molecule has 4 rings (SSSR count). The molecular weight excluding hydrogens is 366 g/mol. The number of carbonyl (C=O) groups excluding carboxylic acids is 2. The van der Waals surface area contributed by atoms with Crippen molar-refractivity contribution in [3.63, 3.8) is 0 Å². The molecule has 0 spiro atoms. The van der Waals surface area contributed by atoms with E-state index in [1.807, 2.05) is 36.9 Å². The molecule has 29 heavy (non-hydrogen) atoms. The largest absolute Gasteiger partial charge is 0.365 e. The number of aryl methyl sites for hydroxylation is 2. The smallest absolute Gasteiger partial charge is 0.251 e. The van der Waals surface area contributed by atoms with Gasteiger partial charge in [-0.15, -0.1) is 0 Å². The maximum absolute atomic E-state index is 12.5. The summed E-state index contributed by atoms with van der Waals surface area (Å²) in [5.74, 6) is -0.00205. The second kappa shape index (κ2) is 8.84.